The number of Topliss-reactive ketones (excluding diaryl/α,β-unsaturated/α-hetero) is 1. The molecule has 20 heavy (non-hydrogen) atoms. The van der Waals surface area contributed by atoms with Crippen molar-refractivity contribution in [1.29, 1.82) is 0 Å². The Morgan fingerprint density at radius 3 is 2.30 bits per heavy atom. The van der Waals surface area contributed by atoms with E-state index in [1.54, 1.807) is 31.2 Å². The van der Waals surface area contributed by atoms with E-state index < -0.39 is 9.84 Å². The molecule has 0 saturated carbocycles. The lowest BCUT2D eigenvalue weighted by Gasteiger charge is -2.02. The second-order valence-electron chi connectivity index (χ2n) is 4.65. The number of hydrogen-bond donors (Lipinski definition) is 0. The number of aryl methyl sites for hydroxylation is 2. The van der Waals surface area contributed by atoms with E-state index in [1.807, 2.05) is 6.92 Å². The van der Waals surface area contributed by atoms with Crippen molar-refractivity contribution in [2.75, 3.05) is 0 Å². The fraction of sp³-hybridized carbons (Fsp3) is 0.286. The summed E-state index contributed by atoms with van der Waals surface area (Å²) in [6.45, 7) is 5.08. The molecule has 1 heterocycles. The molecule has 2 rings (SSSR count). The Morgan fingerprint density at radius 2 is 1.80 bits per heavy atom. The monoisotopic (exact) mass is 309 g/mol. The summed E-state index contributed by atoms with van der Waals surface area (Å²) in [5.74, 6) is -0.256. The van der Waals surface area contributed by atoms with Gasteiger partial charge in [0.15, 0.2) is 15.6 Å². The van der Waals surface area contributed by atoms with E-state index in [0.29, 0.717) is 15.6 Å². The Morgan fingerprint density at radius 1 is 1.20 bits per heavy atom. The van der Waals surface area contributed by atoms with Crippen molar-refractivity contribution in [3.63, 3.8) is 0 Å². The number of benzene rings is 1. The first-order valence-electron chi connectivity index (χ1n) is 6.06. The van der Waals surface area contributed by atoms with Crippen molar-refractivity contribution in [1.82, 2.24) is 4.98 Å². The molecule has 0 bridgehead atoms. The molecule has 0 aliphatic rings. The molecule has 0 aliphatic heterocycles. The van der Waals surface area contributed by atoms with E-state index in [-0.39, 0.29) is 16.4 Å². The summed E-state index contributed by atoms with van der Waals surface area (Å²) in [5, 5.41) is 0.452. The third-order valence-electron chi connectivity index (χ3n) is 2.85. The van der Waals surface area contributed by atoms with Crippen molar-refractivity contribution < 1.29 is 13.2 Å². The summed E-state index contributed by atoms with van der Waals surface area (Å²) in [4.78, 5) is 16.4. The molecule has 106 valence electrons. The maximum absolute atomic E-state index is 12.3. The second kappa shape index (κ2) is 5.46. The lowest BCUT2D eigenvalue weighted by molar-refractivity contribution is 0.102. The number of carbonyl (C=O) groups excluding carboxylic acids is 1. The smallest absolute Gasteiger partial charge is 0.184 e. The quantitative estimate of drug-likeness (QED) is 0.815. The molecule has 0 amide bonds. The maximum Gasteiger partial charge on any atom is 0.184 e. The van der Waals surface area contributed by atoms with Crippen LogP contribution in [0.4, 0.5) is 0 Å². The summed E-state index contributed by atoms with van der Waals surface area (Å²) in [5.41, 5.74) is 1.60. The standard InChI is InChI=1S/C14H15NO3S2/c1-9-4-6-12(7-5-9)20(17,18)8-13-15-10(2)14(19-13)11(3)16/h4-7H,8H2,1-3H3. The summed E-state index contributed by atoms with van der Waals surface area (Å²) >= 11 is 1.15. The van der Waals surface area contributed by atoms with E-state index in [9.17, 15) is 13.2 Å². The van der Waals surface area contributed by atoms with Crippen LogP contribution < -0.4 is 0 Å². The van der Waals surface area contributed by atoms with Crippen molar-refractivity contribution in [2.45, 2.75) is 31.4 Å². The van der Waals surface area contributed by atoms with Gasteiger partial charge >= 0.3 is 0 Å². The van der Waals surface area contributed by atoms with Gasteiger partial charge in [0.2, 0.25) is 0 Å². The van der Waals surface area contributed by atoms with Crippen molar-refractivity contribution in [2.24, 2.45) is 0 Å². The molecule has 1 aromatic carbocycles. The molecular weight excluding hydrogens is 294 g/mol. The fourth-order valence-corrected chi connectivity index (χ4v) is 4.40. The van der Waals surface area contributed by atoms with E-state index >= 15 is 0 Å². The molecular formula is C14H15NO3S2. The van der Waals surface area contributed by atoms with Crippen molar-refractivity contribution in [3.05, 3.63) is 45.4 Å². The highest BCUT2D eigenvalue weighted by Gasteiger charge is 2.19. The van der Waals surface area contributed by atoms with Crippen LogP contribution in [0.15, 0.2) is 29.2 Å². The van der Waals surface area contributed by atoms with Gasteiger partial charge < -0.3 is 0 Å². The van der Waals surface area contributed by atoms with E-state index in [4.69, 9.17) is 0 Å². The number of thiazole rings is 1. The minimum Gasteiger partial charge on any atom is -0.294 e. The van der Waals surface area contributed by atoms with Gasteiger partial charge in [0.1, 0.15) is 10.8 Å². The van der Waals surface area contributed by atoms with Crippen LogP contribution in [0.5, 0.6) is 0 Å². The van der Waals surface area contributed by atoms with E-state index in [1.165, 1.54) is 6.92 Å². The topological polar surface area (TPSA) is 64.1 Å². The number of sulfone groups is 1. The molecule has 1 aromatic heterocycles. The van der Waals surface area contributed by atoms with Crippen LogP contribution in [0.2, 0.25) is 0 Å². The number of carbonyl (C=O) groups is 1. The maximum atomic E-state index is 12.3. The van der Waals surface area contributed by atoms with Crippen molar-refractivity contribution in [3.8, 4) is 0 Å². The molecule has 0 saturated heterocycles. The normalized spacial score (nSPS) is 11.6. The van der Waals surface area contributed by atoms with Gasteiger partial charge in [-0.3, -0.25) is 4.79 Å². The highest BCUT2D eigenvalue weighted by Crippen LogP contribution is 2.23. The highest BCUT2D eigenvalue weighted by atomic mass is 32.2. The molecule has 0 fully saturated rings. The number of hydrogen-bond acceptors (Lipinski definition) is 5. The largest absolute Gasteiger partial charge is 0.294 e. The van der Waals surface area contributed by atoms with Crippen LogP contribution >= 0.6 is 11.3 Å². The molecule has 0 atom stereocenters. The molecule has 0 spiro atoms. The van der Waals surface area contributed by atoms with Crippen LogP contribution in [0.25, 0.3) is 0 Å². The zero-order chi connectivity index (χ0) is 14.9. The van der Waals surface area contributed by atoms with Gasteiger partial charge in [-0.25, -0.2) is 13.4 Å². The van der Waals surface area contributed by atoms with Crippen molar-refractivity contribution >= 4 is 27.0 Å². The fourth-order valence-electron chi connectivity index (χ4n) is 1.83. The first kappa shape index (κ1) is 14.9. The number of nitrogens with zero attached hydrogens (tertiary/aromatic N) is 1. The van der Waals surface area contributed by atoms with Crippen LogP contribution in [0, 0.1) is 13.8 Å². The van der Waals surface area contributed by atoms with Crippen LogP contribution in [0.1, 0.15) is 32.9 Å². The first-order valence-corrected chi connectivity index (χ1v) is 8.53. The van der Waals surface area contributed by atoms with Gasteiger partial charge in [-0.15, -0.1) is 11.3 Å². The van der Waals surface area contributed by atoms with Gasteiger partial charge in [-0.05, 0) is 26.0 Å². The lowest BCUT2D eigenvalue weighted by Crippen LogP contribution is -2.04. The van der Waals surface area contributed by atoms with Gasteiger partial charge in [0, 0.05) is 6.92 Å². The Labute approximate surface area is 122 Å². The van der Waals surface area contributed by atoms with Gasteiger partial charge in [0.25, 0.3) is 0 Å². The average molecular weight is 309 g/mol. The predicted molar refractivity (Wildman–Crippen MR) is 78.9 cm³/mol. The van der Waals surface area contributed by atoms with Gasteiger partial charge in [-0.1, -0.05) is 17.7 Å². The number of ketones is 1. The predicted octanol–water partition coefficient (Wildman–Crippen LogP) is 2.94. The zero-order valence-corrected chi connectivity index (χ0v) is 13.1. The molecule has 0 aliphatic carbocycles. The summed E-state index contributed by atoms with van der Waals surface area (Å²) in [6, 6.07) is 6.72. The SMILES string of the molecule is CC(=O)c1sc(CS(=O)(=O)c2ccc(C)cc2)nc1C. The molecule has 4 nitrogen and oxygen atoms in total. The van der Waals surface area contributed by atoms with Crippen LogP contribution in [0.3, 0.4) is 0 Å². The van der Waals surface area contributed by atoms with Crippen LogP contribution in [-0.2, 0) is 15.6 Å². The number of aromatic nitrogens is 1. The lowest BCUT2D eigenvalue weighted by atomic mass is 10.2. The Kier molecular flexibility index (Phi) is 4.06. The Bertz CT molecular complexity index is 743. The molecule has 6 heteroatoms. The molecule has 0 N–H and O–H groups in total. The molecule has 2 aromatic rings. The Balaban J connectivity index is 2.31. The minimum atomic E-state index is -3.42. The third kappa shape index (κ3) is 3.13. The third-order valence-corrected chi connectivity index (χ3v) is 5.94. The van der Waals surface area contributed by atoms with Gasteiger partial charge in [0.05, 0.1) is 15.5 Å². The second-order valence-corrected chi connectivity index (χ2v) is 7.72. The highest BCUT2D eigenvalue weighted by molar-refractivity contribution is 7.90. The van der Waals surface area contributed by atoms with Gasteiger partial charge in [-0.2, -0.15) is 0 Å². The summed E-state index contributed by atoms with van der Waals surface area (Å²) in [6.07, 6.45) is 0. The number of rotatable bonds is 4. The summed E-state index contributed by atoms with van der Waals surface area (Å²) < 4.78 is 24.6. The minimum absolute atomic E-state index is 0.0843. The Hall–Kier alpha value is -1.53. The zero-order valence-electron chi connectivity index (χ0n) is 11.5. The van der Waals surface area contributed by atoms with Crippen LogP contribution in [-0.4, -0.2) is 19.2 Å². The first-order chi connectivity index (χ1) is 9.29. The molecule has 0 unspecified atom stereocenters. The van der Waals surface area contributed by atoms with E-state index in [0.717, 1.165) is 16.9 Å². The van der Waals surface area contributed by atoms with E-state index in [2.05, 4.69) is 4.98 Å². The average Bonchev–Trinajstić information content (AvgIpc) is 2.70. The summed E-state index contributed by atoms with van der Waals surface area (Å²) in [7, 11) is -3.42. The molecule has 0 radical (unpaired) electrons.